The third kappa shape index (κ3) is 2.94. The molecule has 0 fully saturated rings. The van der Waals surface area contributed by atoms with Gasteiger partial charge < -0.3 is 9.47 Å². The molecule has 0 saturated heterocycles. The predicted molar refractivity (Wildman–Crippen MR) is 71.7 cm³/mol. The third-order valence-corrected chi connectivity index (χ3v) is 2.83. The summed E-state index contributed by atoms with van der Waals surface area (Å²) in [5.41, 5.74) is -0.820. The van der Waals surface area contributed by atoms with Gasteiger partial charge in [-0.2, -0.15) is 5.26 Å². The standard InChI is InChI=1S/C15H17NO3/c1-4-9-15(11-16,14(17)19-5-2)12-7-6-8-13(10-12)18-3/h4,6-8,10H,1,5,9H2,2-3H3. The van der Waals surface area contributed by atoms with Crippen LogP contribution in [0.15, 0.2) is 36.9 Å². The van der Waals surface area contributed by atoms with Crippen LogP contribution in [0.4, 0.5) is 0 Å². The van der Waals surface area contributed by atoms with Gasteiger partial charge in [-0.3, -0.25) is 0 Å². The molecule has 0 heterocycles. The first kappa shape index (κ1) is 14.8. The van der Waals surface area contributed by atoms with E-state index in [1.54, 1.807) is 37.3 Å². The van der Waals surface area contributed by atoms with Crippen molar-refractivity contribution in [1.29, 1.82) is 5.26 Å². The maximum absolute atomic E-state index is 12.2. The zero-order valence-corrected chi connectivity index (χ0v) is 11.2. The molecule has 4 heteroatoms. The van der Waals surface area contributed by atoms with E-state index >= 15 is 0 Å². The number of allylic oxidation sites excluding steroid dienone is 1. The van der Waals surface area contributed by atoms with Crippen molar-refractivity contribution in [2.75, 3.05) is 13.7 Å². The summed E-state index contributed by atoms with van der Waals surface area (Å²) < 4.78 is 10.2. The van der Waals surface area contributed by atoms with E-state index in [2.05, 4.69) is 12.6 Å². The molecule has 1 aromatic rings. The average molecular weight is 259 g/mol. The fourth-order valence-corrected chi connectivity index (χ4v) is 1.83. The van der Waals surface area contributed by atoms with Gasteiger partial charge in [0.2, 0.25) is 0 Å². The highest BCUT2D eigenvalue weighted by atomic mass is 16.5. The minimum atomic E-state index is -1.37. The molecule has 1 unspecified atom stereocenters. The van der Waals surface area contributed by atoms with Crippen molar-refractivity contribution >= 4 is 5.97 Å². The molecule has 1 rings (SSSR count). The predicted octanol–water partition coefficient (Wildman–Crippen LogP) is 2.60. The maximum atomic E-state index is 12.2. The van der Waals surface area contributed by atoms with Crippen LogP contribution in [0, 0.1) is 11.3 Å². The molecule has 0 bridgehead atoms. The first-order valence-corrected chi connectivity index (χ1v) is 5.98. The van der Waals surface area contributed by atoms with E-state index in [9.17, 15) is 10.1 Å². The van der Waals surface area contributed by atoms with Gasteiger partial charge in [0, 0.05) is 0 Å². The molecule has 0 aliphatic rings. The Morgan fingerprint density at radius 1 is 1.58 bits per heavy atom. The van der Waals surface area contributed by atoms with Crippen LogP contribution in [-0.4, -0.2) is 19.7 Å². The molecule has 0 saturated carbocycles. The number of nitrogens with zero attached hydrogens (tertiary/aromatic N) is 1. The average Bonchev–Trinajstić information content (AvgIpc) is 2.45. The second-order valence-electron chi connectivity index (χ2n) is 3.96. The number of nitriles is 1. The van der Waals surface area contributed by atoms with E-state index in [-0.39, 0.29) is 13.0 Å². The largest absolute Gasteiger partial charge is 0.497 e. The zero-order chi connectivity index (χ0) is 14.3. The highest BCUT2D eigenvalue weighted by Crippen LogP contribution is 2.31. The lowest BCUT2D eigenvalue weighted by Crippen LogP contribution is -2.35. The summed E-state index contributed by atoms with van der Waals surface area (Å²) in [6.07, 6.45) is 1.73. The van der Waals surface area contributed by atoms with Gasteiger partial charge in [-0.15, -0.1) is 6.58 Å². The van der Waals surface area contributed by atoms with Crippen LogP contribution in [0.5, 0.6) is 5.75 Å². The van der Waals surface area contributed by atoms with E-state index in [0.29, 0.717) is 11.3 Å². The molecule has 100 valence electrons. The highest BCUT2D eigenvalue weighted by Gasteiger charge is 2.41. The molecule has 1 aromatic carbocycles. The number of benzene rings is 1. The van der Waals surface area contributed by atoms with E-state index in [0.717, 1.165) is 0 Å². The second kappa shape index (κ2) is 6.60. The second-order valence-corrected chi connectivity index (χ2v) is 3.96. The molecule has 1 atom stereocenters. The Morgan fingerprint density at radius 2 is 2.32 bits per heavy atom. The lowest BCUT2D eigenvalue weighted by Gasteiger charge is -2.23. The molecule has 0 radical (unpaired) electrons. The van der Waals surface area contributed by atoms with Crippen LogP contribution in [0.3, 0.4) is 0 Å². The van der Waals surface area contributed by atoms with E-state index in [4.69, 9.17) is 9.47 Å². The number of methoxy groups -OCH3 is 1. The van der Waals surface area contributed by atoms with Crippen molar-refractivity contribution in [3.05, 3.63) is 42.5 Å². The fraction of sp³-hybridized carbons (Fsp3) is 0.333. The lowest BCUT2D eigenvalue weighted by atomic mass is 9.79. The van der Waals surface area contributed by atoms with Crippen LogP contribution in [-0.2, 0) is 14.9 Å². The summed E-state index contributed by atoms with van der Waals surface area (Å²) in [6.45, 7) is 5.55. The number of hydrogen-bond acceptors (Lipinski definition) is 4. The van der Waals surface area contributed by atoms with Gasteiger partial charge in [0.25, 0.3) is 0 Å². The van der Waals surface area contributed by atoms with Gasteiger partial charge in [0.15, 0.2) is 5.41 Å². The van der Waals surface area contributed by atoms with Gasteiger partial charge in [0.1, 0.15) is 5.75 Å². The lowest BCUT2D eigenvalue weighted by molar-refractivity contribution is -0.147. The molecule has 4 nitrogen and oxygen atoms in total. The monoisotopic (exact) mass is 259 g/mol. The summed E-state index contributed by atoms with van der Waals surface area (Å²) >= 11 is 0. The molecule has 0 spiro atoms. The molecular formula is C15H17NO3. The molecule has 0 N–H and O–H groups in total. The Morgan fingerprint density at radius 3 is 2.84 bits per heavy atom. The Kier molecular flexibility index (Phi) is 5.13. The topological polar surface area (TPSA) is 59.3 Å². The normalized spacial score (nSPS) is 12.9. The molecule has 0 aliphatic heterocycles. The van der Waals surface area contributed by atoms with Crippen molar-refractivity contribution in [3.63, 3.8) is 0 Å². The van der Waals surface area contributed by atoms with Crippen molar-refractivity contribution in [2.24, 2.45) is 0 Å². The first-order valence-electron chi connectivity index (χ1n) is 5.98. The number of carbonyl (C=O) groups excluding carboxylic acids is 1. The SMILES string of the molecule is C=CCC(C#N)(C(=O)OCC)c1cccc(OC)c1. The first-order chi connectivity index (χ1) is 9.14. The fourth-order valence-electron chi connectivity index (χ4n) is 1.83. The number of esters is 1. The number of hydrogen-bond donors (Lipinski definition) is 0. The summed E-state index contributed by atoms with van der Waals surface area (Å²) in [6, 6.07) is 8.95. The highest BCUT2D eigenvalue weighted by molar-refractivity contribution is 5.87. The molecule has 0 aromatic heterocycles. The van der Waals surface area contributed by atoms with Crippen LogP contribution in [0.2, 0.25) is 0 Å². The number of rotatable bonds is 6. The van der Waals surface area contributed by atoms with Gasteiger partial charge in [-0.1, -0.05) is 18.2 Å². The summed E-state index contributed by atoms with van der Waals surface area (Å²) in [7, 11) is 1.53. The van der Waals surface area contributed by atoms with Crippen LogP contribution >= 0.6 is 0 Å². The Bertz CT molecular complexity index is 504. The Labute approximate surface area is 113 Å². The van der Waals surface area contributed by atoms with Crippen molar-refractivity contribution in [1.82, 2.24) is 0 Å². The molecule has 19 heavy (non-hydrogen) atoms. The van der Waals surface area contributed by atoms with Crippen molar-refractivity contribution in [3.8, 4) is 11.8 Å². The Balaban J connectivity index is 3.33. The molecular weight excluding hydrogens is 242 g/mol. The van der Waals surface area contributed by atoms with Crippen molar-refractivity contribution < 1.29 is 14.3 Å². The molecule has 0 amide bonds. The summed E-state index contributed by atoms with van der Waals surface area (Å²) in [4.78, 5) is 12.2. The maximum Gasteiger partial charge on any atom is 0.331 e. The van der Waals surface area contributed by atoms with Gasteiger partial charge >= 0.3 is 5.97 Å². The van der Waals surface area contributed by atoms with Crippen LogP contribution in [0.1, 0.15) is 18.9 Å². The zero-order valence-electron chi connectivity index (χ0n) is 11.2. The Hall–Kier alpha value is -2.28. The van der Waals surface area contributed by atoms with Crippen LogP contribution < -0.4 is 4.74 Å². The summed E-state index contributed by atoms with van der Waals surface area (Å²) in [5.74, 6) is 0.0242. The van der Waals surface area contributed by atoms with Gasteiger partial charge in [-0.05, 0) is 31.0 Å². The number of ether oxygens (including phenoxy) is 2. The summed E-state index contributed by atoms with van der Waals surface area (Å²) in [5, 5.41) is 9.48. The minimum Gasteiger partial charge on any atom is -0.497 e. The van der Waals surface area contributed by atoms with Crippen molar-refractivity contribution in [2.45, 2.75) is 18.8 Å². The van der Waals surface area contributed by atoms with E-state index in [1.165, 1.54) is 7.11 Å². The minimum absolute atomic E-state index is 0.190. The van der Waals surface area contributed by atoms with Gasteiger partial charge in [-0.25, -0.2) is 4.79 Å². The third-order valence-electron chi connectivity index (χ3n) is 2.83. The molecule has 0 aliphatic carbocycles. The number of carbonyl (C=O) groups is 1. The van der Waals surface area contributed by atoms with Crippen LogP contribution in [0.25, 0.3) is 0 Å². The van der Waals surface area contributed by atoms with E-state index in [1.807, 2.05) is 0 Å². The van der Waals surface area contributed by atoms with E-state index < -0.39 is 11.4 Å². The quantitative estimate of drug-likeness (QED) is 0.582. The smallest absolute Gasteiger partial charge is 0.331 e. The van der Waals surface area contributed by atoms with Gasteiger partial charge in [0.05, 0.1) is 19.8 Å².